The maximum atomic E-state index is 12.1. The molecule has 1 aliphatic carbocycles. The maximum Gasteiger partial charge on any atom is 0.419 e. The van der Waals surface area contributed by atoms with Crippen LogP contribution >= 0.6 is 0 Å². The van der Waals surface area contributed by atoms with Crippen molar-refractivity contribution in [1.82, 2.24) is 9.88 Å². The third kappa shape index (κ3) is 3.40. The Bertz CT molecular complexity index is 693. The van der Waals surface area contributed by atoms with E-state index in [-0.39, 0.29) is 5.91 Å². The Morgan fingerprint density at radius 2 is 1.91 bits per heavy atom. The Kier molecular flexibility index (Phi) is 4.61. The number of fused-ring (bicyclic) bond motifs is 1. The number of para-hydroxylation sites is 2. The molecule has 1 heterocycles. The fourth-order valence-electron chi connectivity index (χ4n) is 3.16. The summed E-state index contributed by atoms with van der Waals surface area (Å²) in [4.78, 5) is 24.0. The van der Waals surface area contributed by atoms with Gasteiger partial charge in [-0.1, -0.05) is 37.8 Å². The van der Waals surface area contributed by atoms with E-state index in [1.165, 1.54) is 30.3 Å². The van der Waals surface area contributed by atoms with Crippen molar-refractivity contribution in [3.8, 4) is 0 Å². The van der Waals surface area contributed by atoms with E-state index < -0.39 is 5.76 Å². The number of benzene rings is 1. The van der Waals surface area contributed by atoms with Gasteiger partial charge < -0.3 is 9.73 Å². The van der Waals surface area contributed by atoms with Crippen LogP contribution in [0.3, 0.4) is 0 Å². The molecule has 1 saturated carbocycles. The van der Waals surface area contributed by atoms with Gasteiger partial charge in [0.05, 0.1) is 5.52 Å². The highest BCUT2D eigenvalue weighted by atomic mass is 16.4. The Balaban J connectivity index is 1.60. The zero-order valence-electron chi connectivity index (χ0n) is 12.7. The number of nitrogens with zero attached hydrogens (tertiary/aromatic N) is 1. The van der Waals surface area contributed by atoms with Gasteiger partial charge >= 0.3 is 5.76 Å². The van der Waals surface area contributed by atoms with Crippen LogP contribution < -0.4 is 11.1 Å². The van der Waals surface area contributed by atoms with Gasteiger partial charge in [0, 0.05) is 19.0 Å². The molecule has 0 spiro atoms. The molecule has 2 aromatic rings. The summed E-state index contributed by atoms with van der Waals surface area (Å²) in [5.41, 5.74) is 1.31. The Morgan fingerprint density at radius 3 is 2.68 bits per heavy atom. The molecular weight excluding hydrogens is 280 g/mol. The molecular formula is C17H22N2O3. The molecule has 1 fully saturated rings. The van der Waals surface area contributed by atoms with E-state index in [2.05, 4.69) is 5.32 Å². The van der Waals surface area contributed by atoms with Crippen molar-refractivity contribution in [1.29, 1.82) is 0 Å². The average Bonchev–Trinajstić information content (AvgIpc) is 2.67. The van der Waals surface area contributed by atoms with Crippen molar-refractivity contribution in [2.45, 2.75) is 57.5 Å². The van der Waals surface area contributed by atoms with Crippen LogP contribution in [-0.2, 0) is 11.3 Å². The van der Waals surface area contributed by atoms with Crippen molar-refractivity contribution < 1.29 is 9.21 Å². The fraction of sp³-hybridized carbons (Fsp3) is 0.529. The van der Waals surface area contributed by atoms with Crippen LogP contribution in [0.2, 0.25) is 0 Å². The number of aryl methyl sites for hydroxylation is 1. The summed E-state index contributed by atoms with van der Waals surface area (Å²) in [5, 5.41) is 3.10. The van der Waals surface area contributed by atoms with Crippen molar-refractivity contribution in [3.05, 3.63) is 34.8 Å². The average molecular weight is 302 g/mol. The highest BCUT2D eigenvalue weighted by Gasteiger charge is 2.15. The molecule has 0 atom stereocenters. The SMILES string of the molecule is O=C(CCn1c(=O)oc2ccccc21)NC1CCCCCC1. The summed E-state index contributed by atoms with van der Waals surface area (Å²) >= 11 is 0. The molecule has 22 heavy (non-hydrogen) atoms. The highest BCUT2D eigenvalue weighted by Crippen LogP contribution is 2.17. The number of amides is 1. The molecule has 118 valence electrons. The van der Waals surface area contributed by atoms with Crippen LogP contribution in [0.5, 0.6) is 0 Å². The van der Waals surface area contributed by atoms with E-state index in [1.54, 1.807) is 6.07 Å². The molecule has 3 rings (SSSR count). The minimum atomic E-state index is -0.400. The standard InChI is InChI=1S/C17H22N2O3/c20-16(18-13-7-3-1-2-4-8-13)11-12-19-14-9-5-6-10-15(14)22-17(19)21/h5-6,9-10,13H,1-4,7-8,11-12H2,(H,18,20). The molecule has 1 N–H and O–H groups in total. The second kappa shape index (κ2) is 6.81. The van der Waals surface area contributed by atoms with E-state index in [9.17, 15) is 9.59 Å². The number of rotatable bonds is 4. The summed E-state index contributed by atoms with van der Waals surface area (Å²) in [6, 6.07) is 7.59. The van der Waals surface area contributed by atoms with E-state index in [4.69, 9.17) is 4.42 Å². The smallest absolute Gasteiger partial charge is 0.408 e. The lowest BCUT2D eigenvalue weighted by molar-refractivity contribution is -0.122. The summed E-state index contributed by atoms with van der Waals surface area (Å²) < 4.78 is 6.70. The first-order valence-electron chi connectivity index (χ1n) is 8.12. The largest absolute Gasteiger partial charge is 0.419 e. The lowest BCUT2D eigenvalue weighted by Crippen LogP contribution is -2.35. The third-order valence-corrected chi connectivity index (χ3v) is 4.36. The third-order valence-electron chi connectivity index (χ3n) is 4.36. The predicted octanol–water partition coefficient (Wildman–Crippen LogP) is 2.82. The van der Waals surface area contributed by atoms with Gasteiger partial charge in [-0.25, -0.2) is 4.79 Å². The van der Waals surface area contributed by atoms with Crippen LogP contribution in [0, 0.1) is 0 Å². The first-order valence-corrected chi connectivity index (χ1v) is 8.12. The molecule has 5 heteroatoms. The van der Waals surface area contributed by atoms with Gasteiger partial charge in [0.15, 0.2) is 5.58 Å². The number of hydrogen-bond donors (Lipinski definition) is 1. The van der Waals surface area contributed by atoms with E-state index in [0.29, 0.717) is 24.6 Å². The number of carbonyl (C=O) groups excluding carboxylic acids is 1. The quantitative estimate of drug-likeness (QED) is 0.883. The van der Waals surface area contributed by atoms with E-state index in [0.717, 1.165) is 18.4 Å². The van der Waals surface area contributed by atoms with Crippen LogP contribution in [0.1, 0.15) is 44.9 Å². The monoisotopic (exact) mass is 302 g/mol. The topological polar surface area (TPSA) is 64.2 Å². The van der Waals surface area contributed by atoms with Crippen LogP contribution in [-0.4, -0.2) is 16.5 Å². The number of aromatic nitrogens is 1. The molecule has 0 radical (unpaired) electrons. The van der Waals surface area contributed by atoms with Gasteiger partial charge in [0.2, 0.25) is 5.91 Å². The zero-order chi connectivity index (χ0) is 15.4. The minimum Gasteiger partial charge on any atom is -0.408 e. The second-order valence-corrected chi connectivity index (χ2v) is 5.99. The summed E-state index contributed by atoms with van der Waals surface area (Å²) in [7, 11) is 0. The Morgan fingerprint density at radius 1 is 1.18 bits per heavy atom. The van der Waals surface area contributed by atoms with Gasteiger partial charge in [-0.3, -0.25) is 9.36 Å². The predicted molar refractivity (Wildman–Crippen MR) is 84.7 cm³/mol. The van der Waals surface area contributed by atoms with Gasteiger partial charge in [0.25, 0.3) is 0 Å². The number of carbonyl (C=O) groups is 1. The fourth-order valence-corrected chi connectivity index (χ4v) is 3.16. The van der Waals surface area contributed by atoms with Crippen molar-refractivity contribution >= 4 is 17.0 Å². The molecule has 0 unspecified atom stereocenters. The lowest BCUT2D eigenvalue weighted by atomic mass is 10.1. The second-order valence-electron chi connectivity index (χ2n) is 5.99. The van der Waals surface area contributed by atoms with E-state index >= 15 is 0 Å². The van der Waals surface area contributed by atoms with E-state index in [1.807, 2.05) is 18.2 Å². The molecule has 0 bridgehead atoms. The molecule has 1 aliphatic rings. The lowest BCUT2D eigenvalue weighted by Gasteiger charge is -2.16. The van der Waals surface area contributed by atoms with Gasteiger partial charge in [-0.05, 0) is 25.0 Å². The zero-order valence-corrected chi connectivity index (χ0v) is 12.7. The maximum absolute atomic E-state index is 12.1. The molecule has 0 saturated heterocycles. The number of hydrogen-bond acceptors (Lipinski definition) is 3. The molecule has 1 aromatic carbocycles. The van der Waals surface area contributed by atoms with Gasteiger partial charge in [-0.2, -0.15) is 0 Å². The first-order chi connectivity index (χ1) is 10.7. The molecule has 1 aromatic heterocycles. The number of nitrogens with one attached hydrogen (secondary N) is 1. The molecule has 1 amide bonds. The Hall–Kier alpha value is -2.04. The first kappa shape index (κ1) is 14.9. The minimum absolute atomic E-state index is 0.0177. The summed E-state index contributed by atoms with van der Waals surface area (Å²) in [6.45, 7) is 0.356. The van der Waals surface area contributed by atoms with Crippen molar-refractivity contribution in [2.75, 3.05) is 0 Å². The van der Waals surface area contributed by atoms with Gasteiger partial charge in [0.1, 0.15) is 0 Å². The number of oxazole rings is 1. The van der Waals surface area contributed by atoms with Crippen LogP contribution in [0.15, 0.2) is 33.5 Å². The highest BCUT2D eigenvalue weighted by molar-refractivity contribution is 5.77. The van der Waals surface area contributed by atoms with Crippen LogP contribution in [0.4, 0.5) is 0 Å². The molecule has 0 aliphatic heterocycles. The van der Waals surface area contributed by atoms with Crippen LogP contribution in [0.25, 0.3) is 11.1 Å². The normalized spacial score (nSPS) is 16.5. The van der Waals surface area contributed by atoms with Crippen molar-refractivity contribution in [2.24, 2.45) is 0 Å². The van der Waals surface area contributed by atoms with Gasteiger partial charge in [-0.15, -0.1) is 0 Å². The Labute approximate surface area is 129 Å². The summed E-state index contributed by atoms with van der Waals surface area (Å²) in [6.07, 6.45) is 7.36. The van der Waals surface area contributed by atoms with Crippen molar-refractivity contribution in [3.63, 3.8) is 0 Å². The molecule has 5 nitrogen and oxygen atoms in total. The summed E-state index contributed by atoms with van der Waals surface area (Å²) in [5.74, 6) is -0.382.